The number of benzene rings is 3. The third kappa shape index (κ3) is 7.52. The van der Waals surface area contributed by atoms with Gasteiger partial charge < -0.3 is 14.8 Å². The molecular weight excluding hydrogens is 585 g/mol. The van der Waals surface area contributed by atoms with E-state index < -0.39 is 0 Å². The Morgan fingerprint density at radius 1 is 1.09 bits per heavy atom. The van der Waals surface area contributed by atoms with Crippen molar-refractivity contribution in [3.63, 3.8) is 0 Å². The van der Waals surface area contributed by atoms with E-state index in [4.69, 9.17) is 9.47 Å². The minimum atomic E-state index is -0.244. The summed E-state index contributed by atoms with van der Waals surface area (Å²) in [6.07, 6.45) is 1.59. The number of nitrogens with one attached hydrogen (secondary N) is 2. The largest absolute Gasteiger partial charge is 0.490 e. The number of carbonyl (C=O) groups excluding carboxylic acids is 1. The molecule has 0 aromatic heterocycles. The molecule has 0 radical (unpaired) electrons. The first-order chi connectivity index (χ1) is 15.5. The fourth-order valence-electron chi connectivity index (χ4n) is 2.76. The normalized spacial score (nSPS) is 10.7. The summed E-state index contributed by atoms with van der Waals surface area (Å²) < 4.78 is 13.7. The molecule has 0 aliphatic carbocycles. The highest BCUT2D eigenvalue weighted by atomic mass is 127. The van der Waals surface area contributed by atoms with Crippen molar-refractivity contribution in [2.75, 3.05) is 18.5 Å². The highest BCUT2D eigenvalue weighted by Crippen LogP contribution is 2.34. The van der Waals surface area contributed by atoms with Gasteiger partial charge in [0.15, 0.2) is 11.5 Å². The van der Waals surface area contributed by atoms with Crippen LogP contribution in [0.4, 0.5) is 5.69 Å². The van der Waals surface area contributed by atoms with Crippen molar-refractivity contribution in [1.82, 2.24) is 5.43 Å². The zero-order valence-corrected chi connectivity index (χ0v) is 21.2. The van der Waals surface area contributed by atoms with E-state index in [1.54, 1.807) is 6.21 Å². The summed E-state index contributed by atoms with van der Waals surface area (Å²) in [4.78, 5) is 12.0. The second-order valence-corrected chi connectivity index (χ2v) is 8.77. The molecule has 0 aliphatic rings. The molecule has 32 heavy (non-hydrogen) atoms. The van der Waals surface area contributed by atoms with Gasteiger partial charge in [-0.1, -0.05) is 46.3 Å². The van der Waals surface area contributed by atoms with Crippen molar-refractivity contribution < 1.29 is 14.3 Å². The third-order valence-corrected chi connectivity index (χ3v) is 5.59. The first-order valence-corrected chi connectivity index (χ1v) is 11.9. The Labute approximate surface area is 209 Å². The number of hydrogen-bond donors (Lipinski definition) is 2. The van der Waals surface area contributed by atoms with Gasteiger partial charge in [0.2, 0.25) is 0 Å². The van der Waals surface area contributed by atoms with E-state index in [1.165, 1.54) is 0 Å². The van der Waals surface area contributed by atoms with Crippen molar-refractivity contribution in [2.45, 2.75) is 13.5 Å². The topological polar surface area (TPSA) is 72.0 Å². The molecule has 1 amide bonds. The van der Waals surface area contributed by atoms with Gasteiger partial charge in [-0.05, 0) is 77.0 Å². The van der Waals surface area contributed by atoms with Crippen LogP contribution in [0.25, 0.3) is 0 Å². The van der Waals surface area contributed by atoms with Gasteiger partial charge in [0.05, 0.1) is 22.9 Å². The molecule has 3 rings (SSSR count). The van der Waals surface area contributed by atoms with E-state index in [2.05, 4.69) is 54.4 Å². The molecule has 0 fully saturated rings. The number of anilines is 1. The Hall–Kier alpha value is -2.59. The molecule has 3 aromatic rings. The minimum absolute atomic E-state index is 0.118. The molecule has 0 saturated heterocycles. The second-order valence-electron chi connectivity index (χ2n) is 6.69. The van der Waals surface area contributed by atoms with Crippen LogP contribution >= 0.6 is 38.5 Å². The summed E-state index contributed by atoms with van der Waals surface area (Å²) in [5, 5.41) is 7.11. The predicted molar refractivity (Wildman–Crippen MR) is 139 cm³/mol. The molecule has 0 atom stereocenters. The predicted octanol–water partition coefficient (Wildman–Crippen LogP) is 5.59. The smallest absolute Gasteiger partial charge is 0.259 e. The van der Waals surface area contributed by atoms with E-state index in [0.29, 0.717) is 24.7 Å². The third-order valence-electron chi connectivity index (χ3n) is 4.26. The zero-order valence-electron chi connectivity index (χ0n) is 17.5. The van der Waals surface area contributed by atoms with Crippen LogP contribution in [-0.4, -0.2) is 25.3 Å². The number of amides is 1. The lowest BCUT2D eigenvalue weighted by molar-refractivity contribution is -0.119. The Kier molecular flexibility index (Phi) is 9.36. The molecule has 3 aromatic carbocycles. The van der Waals surface area contributed by atoms with E-state index in [9.17, 15) is 4.79 Å². The van der Waals surface area contributed by atoms with E-state index >= 15 is 0 Å². The minimum Gasteiger partial charge on any atom is -0.490 e. The molecule has 0 heterocycles. The summed E-state index contributed by atoms with van der Waals surface area (Å²) in [6, 6.07) is 21.3. The first kappa shape index (κ1) is 24.1. The van der Waals surface area contributed by atoms with E-state index in [-0.39, 0.29) is 12.5 Å². The zero-order chi connectivity index (χ0) is 22.8. The molecule has 2 N–H and O–H groups in total. The highest BCUT2D eigenvalue weighted by molar-refractivity contribution is 14.1. The van der Waals surface area contributed by atoms with Crippen LogP contribution in [0.2, 0.25) is 0 Å². The maximum Gasteiger partial charge on any atom is 0.259 e. The Morgan fingerprint density at radius 3 is 2.56 bits per heavy atom. The van der Waals surface area contributed by atoms with Gasteiger partial charge >= 0.3 is 0 Å². The molecule has 0 unspecified atom stereocenters. The number of hydrogen-bond acceptors (Lipinski definition) is 5. The quantitative estimate of drug-likeness (QED) is 0.179. The van der Waals surface area contributed by atoms with Gasteiger partial charge in [0, 0.05) is 10.2 Å². The van der Waals surface area contributed by atoms with Crippen LogP contribution in [0.15, 0.2) is 76.3 Å². The molecule has 0 spiro atoms. The summed E-state index contributed by atoms with van der Waals surface area (Å²) >= 11 is 5.60. The van der Waals surface area contributed by atoms with Crippen LogP contribution in [0.5, 0.6) is 11.5 Å². The van der Waals surface area contributed by atoms with Gasteiger partial charge in [-0.2, -0.15) is 5.10 Å². The van der Waals surface area contributed by atoms with Crippen molar-refractivity contribution >= 4 is 56.3 Å². The van der Waals surface area contributed by atoms with Crippen molar-refractivity contribution in [3.05, 3.63) is 85.9 Å². The molecule has 8 heteroatoms. The standard InChI is InChI=1S/C24H23BrIN3O3/c1-2-31-22-13-18(12-21(26)24(22)32-16-17-6-4-3-5-7-17)14-28-29-23(30)15-27-20-10-8-19(25)9-11-20/h3-14,27H,2,15-16H2,1H3,(H,29,30)/b28-14-. The van der Waals surface area contributed by atoms with Crippen molar-refractivity contribution in [1.29, 1.82) is 0 Å². The highest BCUT2D eigenvalue weighted by Gasteiger charge is 2.12. The lowest BCUT2D eigenvalue weighted by Crippen LogP contribution is -2.25. The van der Waals surface area contributed by atoms with Gasteiger partial charge in [-0.3, -0.25) is 4.79 Å². The summed E-state index contributed by atoms with van der Waals surface area (Å²) in [5.41, 5.74) is 5.26. The number of ether oxygens (including phenoxy) is 2. The van der Waals surface area contributed by atoms with Crippen LogP contribution in [-0.2, 0) is 11.4 Å². The summed E-state index contributed by atoms with van der Waals surface area (Å²) in [5.74, 6) is 1.09. The molecule has 0 saturated carbocycles. The van der Waals surface area contributed by atoms with Gasteiger partial charge in [0.25, 0.3) is 5.91 Å². The lowest BCUT2D eigenvalue weighted by atomic mass is 10.2. The SMILES string of the molecule is CCOc1cc(/C=N\NC(=O)CNc2ccc(Br)cc2)cc(I)c1OCc1ccccc1. The lowest BCUT2D eigenvalue weighted by Gasteiger charge is -2.14. The number of halogens is 2. The summed E-state index contributed by atoms with van der Waals surface area (Å²) in [6.45, 7) is 3.00. The monoisotopic (exact) mass is 607 g/mol. The maximum absolute atomic E-state index is 12.0. The van der Waals surface area contributed by atoms with Crippen LogP contribution < -0.4 is 20.2 Å². The molecular formula is C24H23BrIN3O3. The van der Waals surface area contributed by atoms with Crippen molar-refractivity contribution in [2.24, 2.45) is 5.10 Å². The summed E-state index contributed by atoms with van der Waals surface area (Å²) in [7, 11) is 0. The maximum atomic E-state index is 12.0. The average Bonchev–Trinajstić information content (AvgIpc) is 2.79. The van der Waals surface area contributed by atoms with Crippen molar-refractivity contribution in [3.8, 4) is 11.5 Å². The van der Waals surface area contributed by atoms with Gasteiger partial charge in [-0.25, -0.2) is 5.43 Å². The first-order valence-electron chi connectivity index (χ1n) is 9.99. The van der Waals surface area contributed by atoms with Crippen LogP contribution in [0.1, 0.15) is 18.1 Å². The number of hydrazone groups is 1. The fraction of sp³-hybridized carbons (Fsp3) is 0.167. The van der Waals surface area contributed by atoms with Gasteiger partial charge in [0.1, 0.15) is 6.61 Å². The number of carbonyl (C=O) groups is 1. The molecule has 0 aliphatic heterocycles. The Bertz CT molecular complexity index is 1060. The second kappa shape index (κ2) is 12.4. The number of rotatable bonds is 10. The van der Waals surface area contributed by atoms with E-state index in [0.717, 1.165) is 24.9 Å². The van der Waals surface area contributed by atoms with E-state index in [1.807, 2.05) is 73.7 Å². The molecule has 0 bridgehead atoms. The average molecular weight is 608 g/mol. The van der Waals surface area contributed by atoms with Crippen LogP contribution in [0.3, 0.4) is 0 Å². The Balaban J connectivity index is 1.59. The molecule has 6 nitrogen and oxygen atoms in total. The fourth-order valence-corrected chi connectivity index (χ4v) is 3.81. The molecule has 166 valence electrons. The van der Waals surface area contributed by atoms with Crippen LogP contribution in [0, 0.1) is 3.57 Å². The Morgan fingerprint density at radius 2 is 1.84 bits per heavy atom. The number of nitrogens with zero attached hydrogens (tertiary/aromatic N) is 1. The van der Waals surface area contributed by atoms with Gasteiger partial charge in [-0.15, -0.1) is 0 Å².